The fraction of sp³-hybridized carbons (Fsp3) is 0.321. The van der Waals surface area contributed by atoms with Crippen LogP contribution in [0.1, 0.15) is 54.7 Å². The summed E-state index contributed by atoms with van der Waals surface area (Å²) in [4.78, 5) is 18.7. The van der Waals surface area contributed by atoms with Gasteiger partial charge in [-0.1, -0.05) is 54.4 Å². The molecule has 6 nitrogen and oxygen atoms in total. The fourth-order valence-electron chi connectivity index (χ4n) is 4.91. The highest BCUT2D eigenvalue weighted by molar-refractivity contribution is 6.07. The maximum atomic E-state index is 13.7. The van der Waals surface area contributed by atoms with E-state index < -0.39 is 0 Å². The molecule has 0 spiro atoms. The molecule has 1 fully saturated rings. The van der Waals surface area contributed by atoms with E-state index in [0.717, 1.165) is 40.9 Å². The van der Waals surface area contributed by atoms with Gasteiger partial charge in [-0.05, 0) is 58.7 Å². The Kier molecular flexibility index (Phi) is 5.92. The Hall–Kier alpha value is -3.51. The molecule has 1 aliphatic rings. The van der Waals surface area contributed by atoms with Gasteiger partial charge < -0.3 is 0 Å². The molecule has 2 aromatic carbocycles. The lowest BCUT2D eigenvalue weighted by molar-refractivity contribution is 0.0371. The highest BCUT2D eigenvalue weighted by atomic mass is 16.2. The zero-order chi connectivity index (χ0) is 23.8. The Morgan fingerprint density at radius 3 is 2.32 bits per heavy atom. The van der Waals surface area contributed by atoms with Gasteiger partial charge in [-0.25, -0.2) is 14.7 Å². The molecule has 34 heavy (non-hydrogen) atoms. The van der Waals surface area contributed by atoms with Gasteiger partial charge in [0.25, 0.3) is 5.91 Å². The van der Waals surface area contributed by atoms with Crippen LogP contribution in [0.25, 0.3) is 28.0 Å². The number of aryl methyl sites for hydroxylation is 2. The van der Waals surface area contributed by atoms with Crippen LogP contribution in [0.15, 0.2) is 60.7 Å². The van der Waals surface area contributed by atoms with Gasteiger partial charge in [-0.3, -0.25) is 10.2 Å². The van der Waals surface area contributed by atoms with Gasteiger partial charge in [0.1, 0.15) is 0 Å². The molecule has 6 heteroatoms. The minimum Gasteiger partial charge on any atom is -0.284 e. The van der Waals surface area contributed by atoms with Crippen molar-refractivity contribution in [3.05, 3.63) is 77.5 Å². The van der Waals surface area contributed by atoms with E-state index in [9.17, 15) is 4.79 Å². The lowest BCUT2D eigenvalue weighted by Crippen LogP contribution is -2.54. The summed E-state index contributed by atoms with van der Waals surface area (Å²) in [6.07, 6.45) is 3.35. The van der Waals surface area contributed by atoms with Crippen molar-refractivity contribution >= 4 is 16.9 Å². The van der Waals surface area contributed by atoms with E-state index in [1.165, 1.54) is 12.0 Å². The van der Waals surface area contributed by atoms with Gasteiger partial charge in [-0.15, -0.1) is 0 Å². The van der Waals surface area contributed by atoms with Crippen molar-refractivity contribution in [3.8, 4) is 16.9 Å². The first-order valence-electron chi connectivity index (χ1n) is 12.0. The Morgan fingerprint density at radius 2 is 1.65 bits per heavy atom. The van der Waals surface area contributed by atoms with E-state index in [1.54, 1.807) is 0 Å². The predicted octanol–water partition coefficient (Wildman–Crippen LogP) is 5.61. The van der Waals surface area contributed by atoms with Crippen LogP contribution in [0.5, 0.6) is 0 Å². The maximum absolute atomic E-state index is 13.7. The minimum atomic E-state index is -0.114. The van der Waals surface area contributed by atoms with E-state index in [2.05, 4.69) is 43.3 Å². The van der Waals surface area contributed by atoms with Gasteiger partial charge in [0.05, 0.1) is 28.0 Å². The van der Waals surface area contributed by atoms with Gasteiger partial charge in [-0.2, -0.15) is 5.10 Å². The Balaban J connectivity index is 1.67. The van der Waals surface area contributed by atoms with Crippen LogP contribution in [0, 0.1) is 13.8 Å². The number of rotatable bonds is 4. The van der Waals surface area contributed by atoms with Crippen molar-refractivity contribution in [1.29, 1.82) is 0 Å². The smallest absolute Gasteiger partial charge is 0.266 e. The molecule has 1 saturated heterocycles. The zero-order valence-electron chi connectivity index (χ0n) is 20.2. The molecule has 0 saturated carbocycles. The summed E-state index contributed by atoms with van der Waals surface area (Å²) in [6, 6.07) is 20.7. The van der Waals surface area contributed by atoms with Gasteiger partial charge in [0.15, 0.2) is 5.65 Å². The molecule has 3 heterocycles. The second kappa shape index (κ2) is 9.03. The summed E-state index contributed by atoms with van der Waals surface area (Å²) in [7, 11) is 0. The number of fused-ring (bicyclic) bond motifs is 1. The molecule has 1 aliphatic heterocycles. The molecule has 1 amide bonds. The van der Waals surface area contributed by atoms with Crippen LogP contribution in [0.3, 0.4) is 0 Å². The average molecular weight is 454 g/mol. The predicted molar refractivity (Wildman–Crippen MR) is 136 cm³/mol. The number of carbonyl (C=O) groups is 1. The standard InChI is InChI=1S/C28H31N5O/c1-18-13-15-23(16-14-18)33-27-26(21(4)30-33)24(17-25(29-27)22-11-6-5-7-12-22)28(34)31-32-19(2)9-8-10-20(32)3/h5-7,11-17,19-20H,8-10H2,1-4H3,(H,31,34)/t19-,20-/m1/s1. The molecular weight excluding hydrogens is 422 g/mol. The monoisotopic (exact) mass is 453 g/mol. The van der Waals surface area contributed by atoms with Crippen LogP contribution in [0.4, 0.5) is 0 Å². The van der Waals surface area contributed by atoms with E-state index in [1.807, 2.05) is 60.1 Å². The highest BCUT2D eigenvalue weighted by Gasteiger charge is 2.28. The Labute approximate surface area is 200 Å². The third kappa shape index (κ3) is 4.10. The minimum absolute atomic E-state index is 0.114. The molecule has 174 valence electrons. The lowest BCUT2D eigenvalue weighted by atomic mass is 9.99. The van der Waals surface area contributed by atoms with E-state index in [4.69, 9.17) is 10.1 Å². The number of amides is 1. The number of hydrazine groups is 1. The van der Waals surface area contributed by atoms with Crippen molar-refractivity contribution < 1.29 is 4.79 Å². The summed E-state index contributed by atoms with van der Waals surface area (Å²) in [6.45, 7) is 8.36. The number of nitrogens with zero attached hydrogens (tertiary/aromatic N) is 4. The number of hydrogen-bond acceptors (Lipinski definition) is 4. The molecular formula is C28H31N5O. The summed E-state index contributed by atoms with van der Waals surface area (Å²) < 4.78 is 1.85. The third-order valence-corrected chi connectivity index (χ3v) is 6.83. The highest BCUT2D eigenvalue weighted by Crippen LogP contribution is 2.29. The molecule has 2 aromatic heterocycles. The van der Waals surface area contributed by atoms with Crippen molar-refractivity contribution in [1.82, 2.24) is 25.2 Å². The maximum Gasteiger partial charge on any atom is 0.266 e. The first kappa shape index (κ1) is 22.3. The number of pyridine rings is 1. The largest absolute Gasteiger partial charge is 0.284 e. The third-order valence-electron chi connectivity index (χ3n) is 6.83. The molecule has 0 aliphatic carbocycles. The van der Waals surface area contributed by atoms with Crippen molar-refractivity contribution in [3.63, 3.8) is 0 Å². The van der Waals surface area contributed by atoms with Crippen molar-refractivity contribution in [2.45, 2.75) is 59.0 Å². The second-order valence-electron chi connectivity index (χ2n) is 9.43. The molecule has 1 N–H and O–H groups in total. The first-order valence-corrected chi connectivity index (χ1v) is 12.0. The van der Waals surface area contributed by atoms with Crippen molar-refractivity contribution in [2.24, 2.45) is 0 Å². The molecule has 0 radical (unpaired) electrons. The second-order valence-corrected chi connectivity index (χ2v) is 9.43. The number of carbonyl (C=O) groups excluding carboxylic acids is 1. The number of hydrogen-bond donors (Lipinski definition) is 1. The van der Waals surface area contributed by atoms with Gasteiger partial charge in [0.2, 0.25) is 0 Å². The summed E-state index contributed by atoms with van der Waals surface area (Å²) >= 11 is 0. The van der Waals surface area contributed by atoms with Crippen LogP contribution in [-0.2, 0) is 0 Å². The SMILES string of the molecule is Cc1ccc(-n2nc(C)c3c(C(=O)NN4[C@H](C)CCC[C@H]4C)cc(-c4ccccc4)nc32)cc1. The molecule has 0 unspecified atom stereocenters. The molecule has 0 bridgehead atoms. The van der Waals surface area contributed by atoms with E-state index >= 15 is 0 Å². The molecule has 4 aromatic rings. The first-order chi connectivity index (χ1) is 16.4. The Morgan fingerprint density at radius 1 is 0.971 bits per heavy atom. The zero-order valence-corrected chi connectivity index (χ0v) is 20.2. The van der Waals surface area contributed by atoms with Crippen LogP contribution < -0.4 is 5.43 Å². The van der Waals surface area contributed by atoms with Gasteiger partial charge >= 0.3 is 0 Å². The molecule has 2 atom stereocenters. The average Bonchev–Trinajstić information content (AvgIpc) is 3.18. The fourth-order valence-corrected chi connectivity index (χ4v) is 4.91. The topological polar surface area (TPSA) is 63.1 Å². The van der Waals surface area contributed by atoms with Crippen molar-refractivity contribution in [2.75, 3.05) is 0 Å². The lowest BCUT2D eigenvalue weighted by Gasteiger charge is -2.38. The number of nitrogens with one attached hydrogen (secondary N) is 1. The normalized spacial score (nSPS) is 18.8. The Bertz CT molecular complexity index is 1320. The van der Waals surface area contributed by atoms with Gasteiger partial charge in [0, 0.05) is 17.6 Å². The van der Waals surface area contributed by atoms with Crippen LogP contribution in [0.2, 0.25) is 0 Å². The summed E-state index contributed by atoms with van der Waals surface area (Å²) in [5, 5.41) is 7.70. The quantitative estimate of drug-likeness (QED) is 0.436. The number of piperidine rings is 1. The number of benzene rings is 2. The molecule has 5 rings (SSSR count). The van der Waals surface area contributed by atoms with E-state index in [0.29, 0.717) is 23.3 Å². The summed E-state index contributed by atoms with van der Waals surface area (Å²) in [5.74, 6) is -0.114. The van der Waals surface area contributed by atoms with E-state index in [-0.39, 0.29) is 5.91 Å². The van der Waals surface area contributed by atoms with Crippen LogP contribution in [-0.4, -0.2) is 37.8 Å². The summed E-state index contributed by atoms with van der Waals surface area (Å²) in [5.41, 5.74) is 9.12. The number of aromatic nitrogens is 3. The van der Waals surface area contributed by atoms with Crippen LogP contribution >= 0.6 is 0 Å².